The standard InChI is InChI=1S/C11H17ClN2O2S2/c1-8-3-2-6-14(9(8)7-13)18(15,16)11-5-4-10(12)17-11/h4-5,8-9H,2-3,6-7,13H2,1H3/t8-,9-/m0/s1. The van der Waals surface area contributed by atoms with E-state index in [1.54, 1.807) is 16.4 Å². The Kier molecular flexibility index (Phi) is 4.33. The van der Waals surface area contributed by atoms with Gasteiger partial charge in [0.1, 0.15) is 4.21 Å². The van der Waals surface area contributed by atoms with Crippen molar-refractivity contribution in [1.29, 1.82) is 0 Å². The molecule has 0 amide bonds. The van der Waals surface area contributed by atoms with Crippen molar-refractivity contribution < 1.29 is 8.42 Å². The first-order valence-electron chi connectivity index (χ1n) is 5.94. The Morgan fingerprint density at radius 3 is 2.83 bits per heavy atom. The molecule has 1 fully saturated rings. The number of nitrogens with two attached hydrogens (primary N) is 1. The van der Waals surface area contributed by atoms with Crippen LogP contribution < -0.4 is 5.73 Å². The number of hydrogen-bond acceptors (Lipinski definition) is 4. The average molecular weight is 309 g/mol. The number of thiophene rings is 1. The zero-order valence-electron chi connectivity index (χ0n) is 10.2. The van der Waals surface area contributed by atoms with Gasteiger partial charge in [0.15, 0.2) is 0 Å². The molecular weight excluding hydrogens is 292 g/mol. The van der Waals surface area contributed by atoms with E-state index in [1.165, 1.54) is 0 Å². The molecule has 7 heteroatoms. The van der Waals surface area contributed by atoms with E-state index in [2.05, 4.69) is 6.92 Å². The molecule has 18 heavy (non-hydrogen) atoms. The molecule has 0 saturated carbocycles. The molecule has 2 atom stereocenters. The Labute approximate surface area is 117 Å². The summed E-state index contributed by atoms with van der Waals surface area (Å²) in [6, 6.07) is 3.07. The molecule has 0 radical (unpaired) electrons. The lowest BCUT2D eigenvalue weighted by Crippen LogP contribution is -2.51. The van der Waals surface area contributed by atoms with Gasteiger partial charge >= 0.3 is 0 Å². The Morgan fingerprint density at radius 2 is 2.28 bits per heavy atom. The molecule has 1 aromatic rings. The normalized spacial score (nSPS) is 26.4. The van der Waals surface area contributed by atoms with Crippen LogP contribution in [-0.2, 0) is 10.0 Å². The average Bonchev–Trinajstić information content (AvgIpc) is 2.76. The lowest BCUT2D eigenvalue weighted by atomic mass is 9.93. The van der Waals surface area contributed by atoms with Gasteiger partial charge in [0, 0.05) is 19.1 Å². The fraction of sp³-hybridized carbons (Fsp3) is 0.636. The van der Waals surface area contributed by atoms with Crippen molar-refractivity contribution in [1.82, 2.24) is 4.31 Å². The quantitative estimate of drug-likeness (QED) is 0.930. The second-order valence-corrected chi connectivity index (χ2v) is 8.43. The molecular formula is C11H17ClN2O2S2. The Morgan fingerprint density at radius 1 is 1.56 bits per heavy atom. The van der Waals surface area contributed by atoms with Gasteiger partial charge in [-0.25, -0.2) is 8.42 Å². The van der Waals surface area contributed by atoms with Gasteiger partial charge < -0.3 is 5.73 Å². The van der Waals surface area contributed by atoms with Crippen LogP contribution in [-0.4, -0.2) is 31.9 Å². The molecule has 1 saturated heterocycles. The van der Waals surface area contributed by atoms with E-state index in [4.69, 9.17) is 17.3 Å². The van der Waals surface area contributed by atoms with Crippen LogP contribution >= 0.6 is 22.9 Å². The maximum atomic E-state index is 12.5. The SMILES string of the molecule is C[C@H]1CCCN(S(=O)(=O)c2ccc(Cl)s2)[C@H]1CN. The summed E-state index contributed by atoms with van der Waals surface area (Å²) < 4.78 is 27.4. The van der Waals surface area contributed by atoms with E-state index >= 15 is 0 Å². The molecule has 1 aliphatic heterocycles. The van der Waals surface area contributed by atoms with Gasteiger partial charge in [-0.2, -0.15) is 4.31 Å². The van der Waals surface area contributed by atoms with E-state index in [1.807, 2.05) is 0 Å². The Bertz CT molecular complexity index is 515. The number of rotatable bonds is 3. The summed E-state index contributed by atoms with van der Waals surface area (Å²) >= 11 is 6.91. The largest absolute Gasteiger partial charge is 0.329 e. The minimum Gasteiger partial charge on any atom is -0.329 e. The summed E-state index contributed by atoms with van der Waals surface area (Å²) in [5, 5.41) is 0. The molecule has 0 bridgehead atoms. The van der Waals surface area contributed by atoms with Crippen LogP contribution in [0.1, 0.15) is 19.8 Å². The van der Waals surface area contributed by atoms with Crippen molar-refractivity contribution in [2.75, 3.05) is 13.1 Å². The molecule has 102 valence electrons. The summed E-state index contributed by atoms with van der Waals surface area (Å²) in [7, 11) is -3.45. The van der Waals surface area contributed by atoms with Gasteiger partial charge in [0.05, 0.1) is 4.34 Å². The van der Waals surface area contributed by atoms with Gasteiger partial charge in [0.2, 0.25) is 0 Å². The van der Waals surface area contributed by atoms with Gasteiger partial charge in [-0.15, -0.1) is 11.3 Å². The highest BCUT2D eigenvalue weighted by Crippen LogP contribution is 2.33. The van der Waals surface area contributed by atoms with Gasteiger partial charge in [-0.05, 0) is 30.9 Å². The molecule has 1 aromatic heterocycles. The van der Waals surface area contributed by atoms with Crippen LogP contribution in [0, 0.1) is 5.92 Å². The summed E-state index contributed by atoms with van der Waals surface area (Å²) in [5.41, 5.74) is 5.74. The third-order valence-corrected chi connectivity index (χ3v) is 7.04. The molecule has 2 N–H and O–H groups in total. The van der Waals surface area contributed by atoms with Crippen molar-refractivity contribution in [3.8, 4) is 0 Å². The summed E-state index contributed by atoms with van der Waals surface area (Å²) in [5.74, 6) is 0.300. The topological polar surface area (TPSA) is 63.4 Å². The molecule has 2 rings (SSSR count). The predicted octanol–water partition coefficient (Wildman–Crippen LogP) is 2.15. The van der Waals surface area contributed by atoms with Crippen LogP contribution in [0.25, 0.3) is 0 Å². The maximum Gasteiger partial charge on any atom is 0.252 e. The highest BCUT2D eigenvalue weighted by atomic mass is 35.5. The van der Waals surface area contributed by atoms with Crippen LogP contribution in [0.15, 0.2) is 16.3 Å². The maximum absolute atomic E-state index is 12.5. The Hall–Kier alpha value is -0.140. The van der Waals surface area contributed by atoms with E-state index in [0.717, 1.165) is 24.2 Å². The smallest absolute Gasteiger partial charge is 0.252 e. The van der Waals surface area contributed by atoms with E-state index in [-0.39, 0.29) is 6.04 Å². The lowest BCUT2D eigenvalue weighted by Gasteiger charge is -2.37. The third-order valence-electron chi connectivity index (χ3n) is 3.42. The highest BCUT2D eigenvalue weighted by molar-refractivity contribution is 7.91. The summed E-state index contributed by atoms with van der Waals surface area (Å²) in [6.45, 7) is 2.96. The van der Waals surface area contributed by atoms with E-state index in [0.29, 0.717) is 27.6 Å². The number of piperidine rings is 1. The molecule has 0 aromatic carbocycles. The van der Waals surface area contributed by atoms with Crippen molar-refractivity contribution in [3.05, 3.63) is 16.5 Å². The third kappa shape index (κ3) is 2.58. The zero-order chi connectivity index (χ0) is 13.3. The summed E-state index contributed by atoms with van der Waals surface area (Å²) in [4.78, 5) is 0. The van der Waals surface area contributed by atoms with Crippen molar-refractivity contribution in [2.24, 2.45) is 11.7 Å². The van der Waals surface area contributed by atoms with Crippen LogP contribution in [0.5, 0.6) is 0 Å². The minimum atomic E-state index is -3.45. The first-order valence-corrected chi connectivity index (χ1v) is 8.57. The zero-order valence-corrected chi connectivity index (χ0v) is 12.6. The minimum absolute atomic E-state index is 0.107. The first kappa shape index (κ1) is 14.3. The second-order valence-electron chi connectivity index (χ2n) is 4.60. The number of sulfonamides is 1. The number of hydrogen-bond donors (Lipinski definition) is 1. The predicted molar refractivity (Wildman–Crippen MR) is 74.5 cm³/mol. The van der Waals surface area contributed by atoms with Crippen molar-refractivity contribution in [3.63, 3.8) is 0 Å². The fourth-order valence-corrected chi connectivity index (χ4v) is 5.79. The molecule has 0 unspecified atom stereocenters. The number of nitrogens with zero attached hydrogens (tertiary/aromatic N) is 1. The second kappa shape index (κ2) is 5.46. The highest BCUT2D eigenvalue weighted by Gasteiger charge is 2.37. The van der Waals surface area contributed by atoms with Crippen LogP contribution in [0.3, 0.4) is 0 Å². The van der Waals surface area contributed by atoms with Crippen molar-refractivity contribution in [2.45, 2.75) is 30.0 Å². The van der Waals surface area contributed by atoms with E-state index < -0.39 is 10.0 Å². The molecule has 2 heterocycles. The van der Waals surface area contributed by atoms with Crippen LogP contribution in [0.4, 0.5) is 0 Å². The number of halogens is 1. The van der Waals surface area contributed by atoms with Gasteiger partial charge in [0.25, 0.3) is 10.0 Å². The molecule has 1 aliphatic rings. The van der Waals surface area contributed by atoms with Crippen molar-refractivity contribution >= 4 is 33.0 Å². The van der Waals surface area contributed by atoms with Crippen LogP contribution in [0.2, 0.25) is 4.34 Å². The molecule has 4 nitrogen and oxygen atoms in total. The van der Waals surface area contributed by atoms with E-state index in [9.17, 15) is 8.42 Å². The fourth-order valence-electron chi connectivity index (χ4n) is 2.41. The first-order chi connectivity index (χ1) is 8.46. The monoisotopic (exact) mass is 308 g/mol. The molecule has 0 spiro atoms. The lowest BCUT2D eigenvalue weighted by molar-refractivity contribution is 0.193. The van der Waals surface area contributed by atoms with Gasteiger partial charge in [-0.1, -0.05) is 18.5 Å². The van der Waals surface area contributed by atoms with Gasteiger partial charge in [-0.3, -0.25) is 0 Å². The Balaban J connectivity index is 2.34. The molecule has 0 aliphatic carbocycles. The summed E-state index contributed by atoms with van der Waals surface area (Å²) in [6.07, 6.45) is 1.91.